The highest BCUT2D eigenvalue weighted by atomic mass is 35.5. The van der Waals surface area contributed by atoms with E-state index in [1.165, 1.54) is 11.8 Å². The Morgan fingerprint density at radius 2 is 1.93 bits per heavy atom. The fourth-order valence-corrected chi connectivity index (χ4v) is 4.30. The molecule has 29 heavy (non-hydrogen) atoms. The first-order valence-corrected chi connectivity index (χ1v) is 10.8. The maximum absolute atomic E-state index is 13.0. The number of oxazole rings is 1. The molecule has 0 amide bonds. The van der Waals surface area contributed by atoms with Crippen LogP contribution in [-0.4, -0.2) is 14.5 Å². The molecule has 148 valence electrons. The van der Waals surface area contributed by atoms with E-state index < -0.39 is 0 Å². The smallest absolute Gasteiger partial charge is 0.262 e. The zero-order valence-corrected chi connectivity index (χ0v) is 17.8. The molecule has 0 aliphatic carbocycles. The highest BCUT2D eigenvalue weighted by molar-refractivity contribution is 7.98. The Morgan fingerprint density at radius 3 is 2.69 bits per heavy atom. The van der Waals surface area contributed by atoms with Gasteiger partial charge >= 0.3 is 0 Å². The number of halogens is 1. The van der Waals surface area contributed by atoms with Crippen molar-refractivity contribution in [3.8, 4) is 11.5 Å². The summed E-state index contributed by atoms with van der Waals surface area (Å²) in [4.78, 5) is 22.3. The number of aromatic nitrogens is 3. The lowest BCUT2D eigenvalue weighted by Gasteiger charge is -2.12. The molecule has 0 unspecified atom stereocenters. The lowest BCUT2D eigenvalue weighted by Crippen LogP contribution is -2.23. The van der Waals surface area contributed by atoms with Crippen molar-refractivity contribution in [2.24, 2.45) is 0 Å². The number of hydrogen-bond donors (Lipinski definition) is 0. The second kappa shape index (κ2) is 8.43. The van der Waals surface area contributed by atoms with Crippen LogP contribution in [0.1, 0.15) is 24.8 Å². The van der Waals surface area contributed by atoms with Crippen molar-refractivity contribution >= 4 is 34.3 Å². The highest BCUT2D eigenvalue weighted by Gasteiger charge is 2.15. The Balaban J connectivity index is 1.67. The summed E-state index contributed by atoms with van der Waals surface area (Å²) < 4.78 is 7.58. The van der Waals surface area contributed by atoms with Gasteiger partial charge in [0.25, 0.3) is 5.56 Å². The van der Waals surface area contributed by atoms with Gasteiger partial charge in [-0.3, -0.25) is 9.36 Å². The minimum Gasteiger partial charge on any atom is -0.441 e. The molecule has 0 N–H and O–H groups in total. The summed E-state index contributed by atoms with van der Waals surface area (Å²) in [5.74, 6) is 1.93. The van der Waals surface area contributed by atoms with Gasteiger partial charge in [0.1, 0.15) is 5.76 Å². The Hall–Kier alpha value is -2.57. The monoisotopic (exact) mass is 425 g/mol. The fourth-order valence-electron chi connectivity index (χ4n) is 3.10. The average Bonchev–Trinajstić information content (AvgIpc) is 3.10. The molecule has 0 radical (unpaired) electrons. The van der Waals surface area contributed by atoms with Gasteiger partial charge in [0.2, 0.25) is 5.89 Å². The predicted molar refractivity (Wildman–Crippen MR) is 118 cm³/mol. The lowest BCUT2D eigenvalue weighted by atomic mass is 10.2. The molecule has 0 saturated heterocycles. The Kier molecular flexibility index (Phi) is 5.74. The molecule has 0 atom stereocenters. The van der Waals surface area contributed by atoms with E-state index in [0.717, 1.165) is 23.4 Å². The largest absolute Gasteiger partial charge is 0.441 e. The topological polar surface area (TPSA) is 60.9 Å². The van der Waals surface area contributed by atoms with Crippen LogP contribution in [0.25, 0.3) is 22.4 Å². The normalized spacial score (nSPS) is 11.3. The second-order valence-electron chi connectivity index (χ2n) is 6.69. The molecular weight excluding hydrogens is 406 g/mol. The molecule has 0 aliphatic rings. The van der Waals surface area contributed by atoms with Crippen LogP contribution in [0.3, 0.4) is 0 Å². The van der Waals surface area contributed by atoms with Crippen LogP contribution in [-0.2, 0) is 12.3 Å². The third kappa shape index (κ3) is 4.09. The second-order valence-corrected chi connectivity index (χ2v) is 8.07. The quantitative estimate of drug-likeness (QED) is 0.292. The molecule has 2 aromatic heterocycles. The zero-order chi connectivity index (χ0) is 20.4. The minimum atomic E-state index is -0.0436. The van der Waals surface area contributed by atoms with Crippen molar-refractivity contribution < 1.29 is 4.42 Å². The van der Waals surface area contributed by atoms with Gasteiger partial charge < -0.3 is 4.42 Å². The van der Waals surface area contributed by atoms with E-state index in [1.807, 2.05) is 44.2 Å². The third-order valence-corrected chi connectivity index (χ3v) is 5.80. The van der Waals surface area contributed by atoms with E-state index >= 15 is 0 Å². The van der Waals surface area contributed by atoms with E-state index in [2.05, 4.69) is 4.98 Å². The van der Waals surface area contributed by atoms with Crippen LogP contribution in [0.4, 0.5) is 0 Å². The molecule has 4 rings (SSSR count). The van der Waals surface area contributed by atoms with Crippen LogP contribution in [0, 0.1) is 6.92 Å². The number of hydrogen-bond acceptors (Lipinski definition) is 5. The summed E-state index contributed by atoms with van der Waals surface area (Å²) in [6, 6.07) is 15.0. The Labute approximate surface area is 177 Å². The van der Waals surface area contributed by atoms with Crippen molar-refractivity contribution in [1.82, 2.24) is 14.5 Å². The molecule has 2 aromatic carbocycles. The third-order valence-electron chi connectivity index (χ3n) is 4.58. The van der Waals surface area contributed by atoms with Gasteiger partial charge in [0.05, 0.1) is 16.6 Å². The van der Waals surface area contributed by atoms with Crippen LogP contribution >= 0.6 is 23.4 Å². The van der Waals surface area contributed by atoms with E-state index in [9.17, 15) is 4.79 Å². The number of benzene rings is 2. The van der Waals surface area contributed by atoms with Gasteiger partial charge in [0.15, 0.2) is 5.16 Å². The molecule has 0 spiro atoms. The number of nitrogens with zero attached hydrogens (tertiary/aromatic N) is 3. The lowest BCUT2D eigenvalue weighted by molar-refractivity contribution is 0.540. The van der Waals surface area contributed by atoms with Crippen LogP contribution < -0.4 is 5.56 Å². The van der Waals surface area contributed by atoms with Gasteiger partial charge in [0, 0.05) is 22.9 Å². The van der Waals surface area contributed by atoms with Crippen molar-refractivity contribution in [2.45, 2.75) is 37.7 Å². The summed E-state index contributed by atoms with van der Waals surface area (Å²) in [6.45, 7) is 4.56. The Bertz CT molecular complexity index is 1220. The zero-order valence-electron chi connectivity index (χ0n) is 16.2. The van der Waals surface area contributed by atoms with E-state index in [4.69, 9.17) is 21.0 Å². The van der Waals surface area contributed by atoms with E-state index in [1.54, 1.807) is 22.8 Å². The molecule has 0 aliphatic heterocycles. The number of thioether (sulfide) groups is 1. The first kappa shape index (κ1) is 19.7. The van der Waals surface area contributed by atoms with Gasteiger partial charge in [-0.05, 0) is 43.7 Å². The fraction of sp³-hybridized carbons (Fsp3) is 0.227. The van der Waals surface area contributed by atoms with Crippen molar-refractivity contribution in [3.05, 3.63) is 75.4 Å². The molecule has 0 fully saturated rings. The number of fused-ring (bicyclic) bond motifs is 1. The standard InChI is InChI=1S/C22H20ClN3O2S/c1-3-11-26-21(27)17-10-9-16(23)12-18(17)25-22(26)29-13-19-14(2)28-20(24-19)15-7-5-4-6-8-15/h4-10,12H,3,11,13H2,1-2H3. The molecule has 0 bridgehead atoms. The van der Waals surface area contributed by atoms with Crippen LogP contribution in [0.2, 0.25) is 5.02 Å². The molecule has 5 nitrogen and oxygen atoms in total. The summed E-state index contributed by atoms with van der Waals surface area (Å²) >= 11 is 7.58. The maximum atomic E-state index is 13.0. The van der Waals surface area contributed by atoms with Gasteiger partial charge in [-0.1, -0.05) is 48.5 Å². The van der Waals surface area contributed by atoms with Gasteiger partial charge in [-0.2, -0.15) is 0 Å². The SMILES string of the molecule is CCCn1c(SCc2nc(-c3ccccc3)oc2C)nc2cc(Cl)ccc2c1=O. The predicted octanol–water partition coefficient (Wildman–Crippen LogP) is 5.72. The van der Waals surface area contributed by atoms with Crippen molar-refractivity contribution in [3.63, 3.8) is 0 Å². The van der Waals surface area contributed by atoms with Gasteiger partial charge in [-0.15, -0.1) is 0 Å². The summed E-state index contributed by atoms with van der Waals surface area (Å²) in [5, 5.41) is 1.81. The first-order chi connectivity index (χ1) is 14.1. The highest BCUT2D eigenvalue weighted by Crippen LogP contribution is 2.27. The van der Waals surface area contributed by atoms with Crippen LogP contribution in [0.15, 0.2) is 62.9 Å². The molecule has 4 aromatic rings. The number of aryl methyl sites for hydroxylation is 1. The molecule has 7 heteroatoms. The van der Waals surface area contributed by atoms with Crippen molar-refractivity contribution in [1.29, 1.82) is 0 Å². The summed E-state index contributed by atoms with van der Waals surface area (Å²) in [6.07, 6.45) is 0.843. The molecular formula is C22H20ClN3O2S. The van der Waals surface area contributed by atoms with Crippen molar-refractivity contribution in [2.75, 3.05) is 0 Å². The average molecular weight is 426 g/mol. The summed E-state index contributed by atoms with van der Waals surface area (Å²) in [5.41, 5.74) is 2.35. The van der Waals surface area contributed by atoms with E-state index in [-0.39, 0.29) is 5.56 Å². The minimum absolute atomic E-state index is 0.0436. The molecule has 2 heterocycles. The molecule has 0 saturated carbocycles. The van der Waals surface area contributed by atoms with E-state index in [0.29, 0.717) is 39.3 Å². The number of rotatable bonds is 6. The maximum Gasteiger partial charge on any atom is 0.262 e. The summed E-state index contributed by atoms with van der Waals surface area (Å²) in [7, 11) is 0. The van der Waals surface area contributed by atoms with Crippen LogP contribution in [0.5, 0.6) is 0 Å². The van der Waals surface area contributed by atoms with Gasteiger partial charge in [-0.25, -0.2) is 9.97 Å². The Morgan fingerprint density at radius 1 is 1.14 bits per heavy atom. The first-order valence-electron chi connectivity index (χ1n) is 9.41.